The number of anilines is 2. The van der Waals surface area contributed by atoms with Crippen molar-refractivity contribution in [2.45, 2.75) is 83.5 Å². The highest BCUT2D eigenvalue weighted by Crippen LogP contribution is 2.33. The van der Waals surface area contributed by atoms with Gasteiger partial charge in [0.15, 0.2) is 0 Å². The highest BCUT2D eigenvalue weighted by molar-refractivity contribution is 5.87. The maximum absolute atomic E-state index is 12.7. The van der Waals surface area contributed by atoms with Crippen molar-refractivity contribution >= 4 is 29.4 Å². The summed E-state index contributed by atoms with van der Waals surface area (Å²) in [7, 11) is 0. The first-order valence-corrected chi connectivity index (χ1v) is 14.6. The van der Waals surface area contributed by atoms with Gasteiger partial charge in [-0.3, -0.25) is 4.79 Å². The Bertz CT molecular complexity index is 1150. The van der Waals surface area contributed by atoms with Gasteiger partial charge in [0.2, 0.25) is 0 Å². The van der Waals surface area contributed by atoms with Crippen molar-refractivity contribution in [3.05, 3.63) is 72.3 Å². The molecule has 6 nitrogen and oxygen atoms in total. The van der Waals surface area contributed by atoms with Gasteiger partial charge in [-0.2, -0.15) is 0 Å². The first kappa shape index (κ1) is 31.0. The molecule has 216 valence electrons. The average Bonchev–Trinajstić information content (AvgIpc) is 2.93. The van der Waals surface area contributed by atoms with Crippen molar-refractivity contribution in [1.29, 1.82) is 0 Å². The van der Waals surface area contributed by atoms with Crippen LogP contribution in [0.4, 0.5) is 11.4 Å². The van der Waals surface area contributed by atoms with E-state index in [4.69, 9.17) is 20.9 Å². The van der Waals surface area contributed by atoms with E-state index in [9.17, 15) is 9.59 Å². The minimum Gasteiger partial charge on any atom is -0.462 e. The molecule has 2 aromatic rings. The van der Waals surface area contributed by atoms with E-state index in [2.05, 4.69) is 6.58 Å². The molecule has 2 aromatic carbocycles. The van der Waals surface area contributed by atoms with E-state index in [1.165, 1.54) is 38.2 Å². The van der Waals surface area contributed by atoms with Crippen LogP contribution in [0.1, 0.15) is 89.2 Å². The molecule has 1 aliphatic carbocycles. The third-order valence-electron chi connectivity index (χ3n) is 7.84. The predicted octanol–water partition coefficient (Wildman–Crippen LogP) is 7.62. The SMILES string of the molecule is C=CCCCCCCC1CCC(C(=O)Oc2ccc(/C=C/C(=O)OCC(C)(C)c3ccc(N)cc3N)cc2)CC1. The van der Waals surface area contributed by atoms with Gasteiger partial charge in [-0.15, -0.1) is 6.58 Å². The average molecular weight is 547 g/mol. The lowest BCUT2D eigenvalue weighted by atomic mass is 9.80. The summed E-state index contributed by atoms with van der Waals surface area (Å²) in [6.07, 6.45) is 16.6. The molecule has 4 N–H and O–H groups in total. The highest BCUT2D eigenvalue weighted by atomic mass is 16.5. The molecule has 0 unspecified atom stereocenters. The van der Waals surface area contributed by atoms with Gasteiger partial charge < -0.3 is 20.9 Å². The number of hydrogen-bond acceptors (Lipinski definition) is 6. The molecule has 3 rings (SSSR count). The molecule has 1 fully saturated rings. The number of rotatable bonds is 14. The number of esters is 2. The quantitative estimate of drug-likeness (QED) is 0.0630. The lowest BCUT2D eigenvalue weighted by Gasteiger charge is -2.27. The van der Waals surface area contributed by atoms with Gasteiger partial charge in [0.05, 0.1) is 5.92 Å². The molecule has 0 spiro atoms. The fourth-order valence-electron chi connectivity index (χ4n) is 5.35. The number of nitrogen functional groups attached to an aromatic ring is 2. The number of unbranched alkanes of at least 4 members (excludes halogenated alkanes) is 4. The summed E-state index contributed by atoms with van der Waals surface area (Å²) in [6, 6.07) is 12.5. The molecule has 0 aromatic heterocycles. The normalized spacial score (nSPS) is 17.4. The summed E-state index contributed by atoms with van der Waals surface area (Å²) in [4.78, 5) is 25.0. The summed E-state index contributed by atoms with van der Waals surface area (Å²) in [5, 5.41) is 0. The maximum atomic E-state index is 12.7. The molecule has 0 radical (unpaired) electrons. The minimum atomic E-state index is -0.461. The number of allylic oxidation sites excluding steroid dienone is 1. The molecule has 0 aliphatic heterocycles. The Morgan fingerprint density at radius 3 is 2.35 bits per heavy atom. The molecule has 40 heavy (non-hydrogen) atoms. The predicted molar refractivity (Wildman–Crippen MR) is 164 cm³/mol. The van der Waals surface area contributed by atoms with Crippen molar-refractivity contribution in [3.8, 4) is 5.75 Å². The molecule has 0 saturated heterocycles. The Morgan fingerprint density at radius 2 is 1.68 bits per heavy atom. The molecule has 1 saturated carbocycles. The fraction of sp³-hybridized carbons (Fsp3) is 0.471. The Morgan fingerprint density at radius 1 is 0.975 bits per heavy atom. The molecule has 0 atom stereocenters. The van der Waals surface area contributed by atoms with Gasteiger partial charge in [-0.25, -0.2) is 4.79 Å². The summed E-state index contributed by atoms with van der Waals surface area (Å²) in [6.45, 7) is 7.88. The first-order valence-electron chi connectivity index (χ1n) is 14.6. The number of ether oxygens (including phenoxy) is 2. The zero-order chi connectivity index (χ0) is 29.0. The van der Waals surface area contributed by atoms with Crippen LogP contribution >= 0.6 is 0 Å². The molecule has 0 bridgehead atoms. The molecule has 1 aliphatic rings. The van der Waals surface area contributed by atoms with Gasteiger partial charge in [-0.05, 0) is 85.9 Å². The van der Waals surface area contributed by atoms with Crippen molar-refractivity contribution in [2.24, 2.45) is 11.8 Å². The van der Waals surface area contributed by atoms with Crippen LogP contribution in [0.25, 0.3) is 6.08 Å². The van der Waals surface area contributed by atoms with Gasteiger partial charge in [0.25, 0.3) is 0 Å². The lowest BCUT2D eigenvalue weighted by molar-refractivity contribution is -0.140. The third-order valence-corrected chi connectivity index (χ3v) is 7.84. The molecule has 0 amide bonds. The van der Waals surface area contributed by atoms with Crippen molar-refractivity contribution in [3.63, 3.8) is 0 Å². The van der Waals surface area contributed by atoms with Crippen LogP contribution in [0, 0.1) is 11.8 Å². The van der Waals surface area contributed by atoms with Crippen LogP contribution in [0.5, 0.6) is 5.75 Å². The second kappa shape index (κ2) is 15.3. The van der Waals surface area contributed by atoms with E-state index in [1.807, 2.05) is 38.1 Å². The zero-order valence-corrected chi connectivity index (χ0v) is 24.2. The summed E-state index contributed by atoms with van der Waals surface area (Å²) in [5.74, 6) is 0.656. The number of benzene rings is 2. The lowest BCUT2D eigenvalue weighted by Crippen LogP contribution is -2.27. The maximum Gasteiger partial charge on any atom is 0.330 e. The topological polar surface area (TPSA) is 105 Å². The largest absolute Gasteiger partial charge is 0.462 e. The van der Waals surface area contributed by atoms with Gasteiger partial charge in [-0.1, -0.05) is 63.8 Å². The van der Waals surface area contributed by atoms with E-state index in [1.54, 1.807) is 30.3 Å². The van der Waals surface area contributed by atoms with Crippen LogP contribution in [-0.2, 0) is 19.7 Å². The number of carbonyl (C=O) groups is 2. The van der Waals surface area contributed by atoms with Gasteiger partial charge in [0.1, 0.15) is 12.4 Å². The second-order valence-corrected chi connectivity index (χ2v) is 11.7. The third kappa shape index (κ3) is 9.89. The smallest absolute Gasteiger partial charge is 0.330 e. The van der Waals surface area contributed by atoms with Crippen LogP contribution < -0.4 is 16.2 Å². The Balaban J connectivity index is 1.38. The van der Waals surface area contributed by atoms with Crippen LogP contribution in [-0.4, -0.2) is 18.5 Å². The molecular formula is C34H46N2O4. The number of hydrogen-bond donors (Lipinski definition) is 2. The summed E-state index contributed by atoms with van der Waals surface area (Å²) >= 11 is 0. The molecule has 0 heterocycles. The van der Waals surface area contributed by atoms with Crippen molar-refractivity contribution in [1.82, 2.24) is 0 Å². The van der Waals surface area contributed by atoms with Crippen LogP contribution in [0.15, 0.2) is 61.2 Å². The molecule has 6 heteroatoms. The Hall–Kier alpha value is -3.54. The van der Waals surface area contributed by atoms with Crippen molar-refractivity contribution < 1.29 is 19.1 Å². The highest BCUT2D eigenvalue weighted by Gasteiger charge is 2.28. The fourth-order valence-corrected chi connectivity index (χ4v) is 5.35. The zero-order valence-electron chi connectivity index (χ0n) is 24.2. The first-order chi connectivity index (χ1) is 19.2. The number of carbonyl (C=O) groups excluding carboxylic acids is 2. The monoisotopic (exact) mass is 546 g/mol. The van der Waals surface area contributed by atoms with Gasteiger partial charge >= 0.3 is 11.9 Å². The molecular weight excluding hydrogens is 500 g/mol. The van der Waals surface area contributed by atoms with Gasteiger partial charge in [0, 0.05) is 22.9 Å². The van der Waals surface area contributed by atoms with E-state index in [0.29, 0.717) is 17.1 Å². The van der Waals surface area contributed by atoms with E-state index in [-0.39, 0.29) is 18.5 Å². The summed E-state index contributed by atoms with van der Waals surface area (Å²) in [5.41, 5.74) is 14.3. The Labute approximate surface area is 239 Å². The van der Waals surface area contributed by atoms with Crippen LogP contribution in [0.2, 0.25) is 0 Å². The van der Waals surface area contributed by atoms with E-state index < -0.39 is 11.4 Å². The summed E-state index contributed by atoms with van der Waals surface area (Å²) < 4.78 is 11.1. The van der Waals surface area contributed by atoms with Crippen LogP contribution in [0.3, 0.4) is 0 Å². The second-order valence-electron chi connectivity index (χ2n) is 11.7. The van der Waals surface area contributed by atoms with E-state index in [0.717, 1.165) is 49.1 Å². The Kier molecular flexibility index (Phi) is 11.9. The standard InChI is InChI=1S/C34H46N2O4/c1-4-5-6-7-8-9-10-25-11-16-27(17-12-25)33(38)40-29-19-13-26(14-20-29)15-22-32(37)39-24-34(2,3)30-21-18-28(35)23-31(30)36/h4,13-15,18-23,25,27H,1,5-12,16-17,24,35-36H2,2-3H3/b22-15+. The van der Waals surface area contributed by atoms with Crippen molar-refractivity contribution in [2.75, 3.05) is 18.1 Å². The number of nitrogens with two attached hydrogens (primary N) is 2. The minimum absolute atomic E-state index is 0.0222. The van der Waals surface area contributed by atoms with E-state index >= 15 is 0 Å².